The molecule has 0 aliphatic heterocycles. The van der Waals surface area contributed by atoms with Crippen molar-refractivity contribution in [2.75, 3.05) is 0 Å². The molecule has 1 rings (SSSR count). The summed E-state index contributed by atoms with van der Waals surface area (Å²) in [5.74, 6) is -0.779. The van der Waals surface area contributed by atoms with Crippen molar-refractivity contribution in [2.45, 2.75) is 0 Å². The number of rotatable bonds is 2. The van der Waals surface area contributed by atoms with E-state index in [0.717, 1.165) is 0 Å². The molecule has 0 spiro atoms. The fourth-order valence-electron chi connectivity index (χ4n) is 0.961. The number of nitro groups is 2. The third kappa shape index (κ3) is 1.80. The van der Waals surface area contributed by atoms with E-state index in [1.165, 1.54) is 6.07 Å². The summed E-state index contributed by atoms with van der Waals surface area (Å²) in [5.41, 5.74) is -2.02. The average molecular weight is 209 g/mol. The number of phenols is 1. The Labute approximate surface area is 82.3 Å². The number of nitriles is 1. The van der Waals surface area contributed by atoms with E-state index < -0.39 is 32.5 Å². The van der Waals surface area contributed by atoms with Gasteiger partial charge in [-0.2, -0.15) is 5.26 Å². The van der Waals surface area contributed by atoms with Gasteiger partial charge in [0.1, 0.15) is 11.8 Å². The standard InChI is InChI=1S/C7H3N3O5/c8-3-5-6(10(14)15)1-4(9(12)13)2-7(5)11/h1-2,11H. The Balaban J connectivity index is 3.54. The van der Waals surface area contributed by atoms with Crippen molar-refractivity contribution in [2.24, 2.45) is 0 Å². The first-order chi connectivity index (χ1) is 6.97. The van der Waals surface area contributed by atoms with E-state index in [-0.39, 0.29) is 0 Å². The predicted octanol–water partition coefficient (Wildman–Crippen LogP) is 1.08. The third-order valence-electron chi connectivity index (χ3n) is 1.60. The Kier molecular flexibility index (Phi) is 2.48. The van der Waals surface area contributed by atoms with Crippen molar-refractivity contribution >= 4 is 11.4 Å². The van der Waals surface area contributed by atoms with Crippen LogP contribution in [0.15, 0.2) is 12.1 Å². The molecular formula is C7H3N3O5. The molecule has 1 aromatic carbocycles. The number of nitrogens with zero attached hydrogens (tertiary/aromatic N) is 3. The Hall–Kier alpha value is -2.69. The van der Waals surface area contributed by atoms with Gasteiger partial charge >= 0.3 is 0 Å². The first kappa shape index (κ1) is 10.4. The molecule has 8 nitrogen and oxygen atoms in total. The molecule has 0 saturated carbocycles. The zero-order chi connectivity index (χ0) is 11.6. The number of hydrogen-bond acceptors (Lipinski definition) is 6. The van der Waals surface area contributed by atoms with Gasteiger partial charge in [-0.1, -0.05) is 0 Å². The smallest absolute Gasteiger partial charge is 0.297 e. The van der Waals surface area contributed by atoms with E-state index in [9.17, 15) is 20.2 Å². The predicted molar refractivity (Wildman–Crippen MR) is 46.1 cm³/mol. The second-order valence-corrected chi connectivity index (χ2v) is 2.49. The van der Waals surface area contributed by atoms with Gasteiger partial charge in [0.05, 0.1) is 22.0 Å². The molecule has 1 N–H and O–H groups in total. The van der Waals surface area contributed by atoms with Crippen LogP contribution < -0.4 is 0 Å². The lowest BCUT2D eigenvalue weighted by Gasteiger charge is -1.97. The molecule has 0 heterocycles. The summed E-state index contributed by atoms with van der Waals surface area (Å²) in [5, 5.41) is 38.4. The summed E-state index contributed by atoms with van der Waals surface area (Å²) < 4.78 is 0. The molecule has 0 amide bonds. The van der Waals surface area contributed by atoms with Crippen LogP contribution in [-0.4, -0.2) is 15.0 Å². The maximum absolute atomic E-state index is 10.4. The van der Waals surface area contributed by atoms with Crippen molar-refractivity contribution in [3.05, 3.63) is 37.9 Å². The summed E-state index contributed by atoms with van der Waals surface area (Å²) in [7, 11) is 0. The minimum absolute atomic E-state index is 0.592. The van der Waals surface area contributed by atoms with Gasteiger partial charge in [0.2, 0.25) is 0 Å². The van der Waals surface area contributed by atoms with E-state index >= 15 is 0 Å². The van der Waals surface area contributed by atoms with Crippen LogP contribution in [0, 0.1) is 31.6 Å². The van der Waals surface area contributed by atoms with Crippen molar-refractivity contribution in [3.8, 4) is 11.8 Å². The quantitative estimate of drug-likeness (QED) is 0.572. The average Bonchev–Trinajstić information content (AvgIpc) is 2.16. The van der Waals surface area contributed by atoms with Crippen molar-refractivity contribution in [1.29, 1.82) is 5.26 Å². The summed E-state index contributed by atoms with van der Waals surface area (Å²) in [6.07, 6.45) is 0. The molecule has 0 saturated heterocycles. The molecule has 0 atom stereocenters. The second-order valence-electron chi connectivity index (χ2n) is 2.49. The molecule has 76 valence electrons. The van der Waals surface area contributed by atoms with Gasteiger partial charge in [-0.25, -0.2) is 0 Å². The first-order valence-corrected chi connectivity index (χ1v) is 3.53. The maximum Gasteiger partial charge on any atom is 0.297 e. The molecule has 0 aliphatic carbocycles. The summed E-state index contributed by atoms with van der Waals surface area (Å²) in [6.45, 7) is 0. The largest absolute Gasteiger partial charge is 0.506 e. The fourth-order valence-corrected chi connectivity index (χ4v) is 0.961. The highest BCUT2D eigenvalue weighted by Crippen LogP contribution is 2.31. The van der Waals surface area contributed by atoms with Crippen LogP contribution in [-0.2, 0) is 0 Å². The van der Waals surface area contributed by atoms with Gasteiger partial charge in [-0.05, 0) is 0 Å². The molecule has 0 unspecified atom stereocenters. The van der Waals surface area contributed by atoms with E-state index in [0.29, 0.717) is 12.1 Å². The van der Waals surface area contributed by atoms with Crippen molar-refractivity contribution in [1.82, 2.24) is 0 Å². The molecule has 0 aliphatic rings. The van der Waals surface area contributed by atoms with Gasteiger partial charge in [0, 0.05) is 0 Å². The number of phenolic OH excluding ortho intramolecular Hbond substituents is 1. The Morgan fingerprint density at radius 2 is 1.87 bits per heavy atom. The van der Waals surface area contributed by atoms with Gasteiger partial charge in [0.25, 0.3) is 11.4 Å². The van der Waals surface area contributed by atoms with Crippen molar-refractivity contribution in [3.63, 3.8) is 0 Å². The molecule has 0 radical (unpaired) electrons. The Morgan fingerprint density at radius 1 is 1.27 bits per heavy atom. The zero-order valence-electron chi connectivity index (χ0n) is 7.08. The molecule has 0 bridgehead atoms. The normalized spacial score (nSPS) is 9.27. The number of non-ortho nitro benzene ring substituents is 1. The van der Waals surface area contributed by atoms with Gasteiger partial charge in [-0.15, -0.1) is 0 Å². The first-order valence-electron chi connectivity index (χ1n) is 3.53. The third-order valence-corrected chi connectivity index (χ3v) is 1.60. The second kappa shape index (κ2) is 3.59. The molecule has 0 fully saturated rings. The fraction of sp³-hybridized carbons (Fsp3) is 0. The van der Waals surface area contributed by atoms with Crippen LogP contribution in [0.5, 0.6) is 5.75 Å². The zero-order valence-corrected chi connectivity index (χ0v) is 7.08. The summed E-state index contributed by atoms with van der Waals surface area (Å²) in [6, 6.07) is 2.71. The van der Waals surface area contributed by atoms with Crippen LogP contribution >= 0.6 is 0 Å². The van der Waals surface area contributed by atoms with Crippen LogP contribution in [0.1, 0.15) is 5.56 Å². The number of aromatic hydroxyl groups is 1. The monoisotopic (exact) mass is 209 g/mol. The summed E-state index contributed by atoms with van der Waals surface area (Å²) in [4.78, 5) is 18.9. The van der Waals surface area contributed by atoms with Gasteiger partial charge in [0.15, 0.2) is 5.56 Å². The lowest BCUT2D eigenvalue weighted by molar-refractivity contribution is -0.394. The minimum Gasteiger partial charge on any atom is -0.506 e. The topological polar surface area (TPSA) is 130 Å². The van der Waals surface area contributed by atoms with E-state index in [4.69, 9.17) is 10.4 Å². The van der Waals surface area contributed by atoms with E-state index in [1.54, 1.807) is 0 Å². The SMILES string of the molecule is N#Cc1c(O)cc([N+](=O)[O-])cc1[N+](=O)[O-]. The Bertz CT molecular complexity index is 490. The highest BCUT2D eigenvalue weighted by molar-refractivity contribution is 5.61. The molecule has 0 aromatic heterocycles. The number of benzene rings is 1. The lowest BCUT2D eigenvalue weighted by atomic mass is 10.1. The number of hydrogen-bond donors (Lipinski definition) is 1. The highest BCUT2D eigenvalue weighted by atomic mass is 16.6. The molecule has 15 heavy (non-hydrogen) atoms. The Morgan fingerprint density at radius 3 is 2.27 bits per heavy atom. The molecular weight excluding hydrogens is 206 g/mol. The minimum atomic E-state index is -0.967. The van der Waals surface area contributed by atoms with Gasteiger partial charge < -0.3 is 5.11 Å². The van der Waals surface area contributed by atoms with Crippen molar-refractivity contribution < 1.29 is 15.0 Å². The number of nitro benzene ring substituents is 2. The highest BCUT2D eigenvalue weighted by Gasteiger charge is 2.23. The molecule has 8 heteroatoms. The van der Waals surface area contributed by atoms with Crippen LogP contribution in [0.3, 0.4) is 0 Å². The lowest BCUT2D eigenvalue weighted by Crippen LogP contribution is -1.96. The van der Waals surface area contributed by atoms with E-state index in [2.05, 4.69) is 0 Å². The van der Waals surface area contributed by atoms with Crippen LogP contribution in [0.2, 0.25) is 0 Å². The summed E-state index contributed by atoms with van der Waals surface area (Å²) >= 11 is 0. The van der Waals surface area contributed by atoms with Crippen LogP contribution in [0.25, 0.3) is 0 Å². The van der Waals surface area contributed by atoms with E-state index in [1.807, 2.05) is 0 Å². The van der Waals surface area contributed by atoms with Gasteiger partial charge in [-0.3, -0.25) is 20.2 Å². The molecule has 1 aromatic rings. The maximum atomic E-state index is 10.4. The van der Waals surface area contributed by atoms with Crippen LogP contribution in [0.4, 0.5) is 11.4 Å².